The van der Waals surface area contributed by atoms with E-state index in [0.29, 0.717) is 5.69 Å². The Bertz CT molecular complexity index is 821. The molecule has 1 amide bonds. The van der Waals surface area contributed by atoms with Crippen LogP contribution in [0.5, 0.6) is 0 Å². The predicted octanol–water partition coefficient (Wildman–Crippen LogP) is 3.83. The lowest BCUT2D eigenvalue weighted by molar-refractivity contribution is 0.0623. The van der Waals surface area contributed by atoms with Gasteiger partial charge in [-0.3, -0.25) is 9.69 Å². The molecule has 3 aromatic rings. The highest BCUT2D eigenvalue weighted by molar-refractivity contribution is 7.14. The highest BCUT2D eigenvalue weighted by Crippen LogP contribution is 2.26. The zero-order valence-electron chi connectivity index (χ0n) is 13.8. The van der Waals surface area contributed by atoms with Crippen molar-refractivity contribution >= 4 is 28.6 Å². The monoisotopic (exact) mass is 369 g/mol. The highest BCUT2D eigenvalue weighted by Gasteiger charge is 2.24. The third kappa shape index (κ3) is 3.81. The van der Waals surface area contributed by atoms with Gasteiger partial charge in [-0.15, -0.1) is 11.3 Å². The van der Waals surface area contributed by atoms with Gasteiger partial charge in [0.05, 0.1) is 0 Å². The Labute approximate surface area is 155 Å². The maximum absolute atomic E-state index is 12.7. The van der Waals surface area contributed by atoms with Crippen LogP contribution in [0.15, 0.2) is 52.5 Å². The van der Waals surface area contributed by atoms with Crippen molar-refractivity contribution in [2.45, 2.75) is 6.54 Å². The fourth-order valence-corrected chi connectivity index (χ4v) is 4.51. The van der Waals surface area contributed by atoms with E-state index in [4.69, 9.17) is 0 Å². The second-order valence-electron chi connectivity index (χ2n) is 6.10. The molecule has 4 rings (SSSR count). The number of hydrogen-bond acceptors (Lipinski definition) is 5. The Balaban J connectivity index is 1.35. The number of rotatable bonds is 4. The van der Waals surface area contributed by atoms with Crippen molar-refractivity contribution in [3.05, 3.63) is 63.8 Å². The lowest BCUT2D eigenvalue weighted by Gasteiger charge is -2.34. The maximum Gasteiger partial charge on any atom is 0.273 e. The fraction of sp³-hybridized carbons (Fsp3) is 0.263. The van der Waals surface area contributed by atoms with Crippen molar-refractivity contribution in [1.82, 2.24) is 14.8 Å². The van der Waals surface area contributed by atoms with E-state index >= 15 is 0 Å². The van der Waals surface area contributed by atoms with Gasteiger partial charge in [0.2, 0.25) is 0 Å². The quantitative estimate of drug-likeness (QED) is 0.701. The van der Waals surface area contributed by atoms with Crippen molar-refractivity contribution in [3.63, 3.8) is 0 Å². The van der Waals surface area contributed by atoms with Crippen LogP contribution in [-0.2, 0) is 6.54 Å². The van der Waals surface area contributed by atoms with Crippen LogP contribution in [-0.4, -0.2) is 46.9 Å². The summed E-state index contributed by atoms with van der Waals surface area (Å²) >= 11 is 3.19. The molecule has 1 aromatic carbocycles. The number of thiazole rings is 1. The molecule has 6 heteroatoms. The van der Waals surface area contributed by atoms with E-state index in [0.717, 1.165) is 43.3 Å². The lowest BCUT2D eigenvalue weighted by atomic mass is 10.2. The summed E-state index contributed by atoms with van der Waals surface area (Å²) in [5, 5.41) is 6.90. The first-order valence-electron chi connectivity index (χ1n) is 8.33. The van der Waals surface area contributed by atoms with Crippen LogP contribution in [0.1, 0.15) is 16.1 Å². The predicted molar refractivity (Wildman–Crippen MR) is 103 cm³/mol. The molecule has 25 heavy (non-hydrogen) atoms. The first kappa shape index (κ1) is 16.4. The van der Waals surface area contributed by atoms with Gasteiger partial charge >= 0.3 is 0 Å². The van der Waals surface area contributed by atoms with Gasteiger partial charge in [0, 0.05) is 49.0 Å². The van der Waals surface area contributed by atoms with Crippen molar-refractivity contribution < 1.29 is 4.79 Å². The smallest absolute Gasteiger partial charge is 0.273 e. The molecule has 2 aromatic heterocycles. The zero-order chi connectivity index (χ0) is 17.1. The summed E-state index contributed by atoms with van der Waals surface area (Å²) in [5.74, 6) is 0.0529. The molecule has 1 saturated heterocycles. The van der Waals surface area contributed by atoms with Gasteiger partial charge in [0.25, 0.3) is 5.91 Å². The Kier molecular flexibility index (Phi) is 4.92. The summed E-state index contributed by atoms with van der Waals surface area (Å²) in [6, 6.07) is 12.5. The average molecular weight is 370 g/mol. The zero-order valence-corrected chi connectivity index (χ0v) is 15.4. The number of carbonyl (C=O) groups is 1. The van der Waals surface area contributed by atoms with Crippen molar-refractivity contribution in [2.75, 3.05) is 26.2 Å². The molecule has 0 saturated carbocycles. The van der Waals surface area contributed by atoms with Gasteiger partial charge in [-0.05, 0) is 17.0 Å². The molecule has 0 spiro atoms. The summed E-state index contributed by atoms with van der Waals surface area (Å²) in [6.45, 7) is 4.28. The van der Waals surface area contributed by atoms with E-state index in [1.165, 1.54) is 16.9 Å². The Morgan fingerprint density at radius 2 is 1.84 bits per heavy atom. The highest BCUT2D eigenvalue weighted by atomic mass is 32.1. The number of hydrogen-bond donors (Lipinski definition) is 0. The van der Waals surface area contributed by atoms with E-state index in [-0.39, 0.29) is 5.91 Å². The van der Waals surface area contributed by atoms with Gasteiger partial charge in [-0.2, -0.15) is 11.3 Å². The first-order chi connectivity index (χ1) is 12.3. The van der Waals surface area contributed by atoms with Crippen LogP contribution in [0.4, 0.5) is 0 Å². The second kappa shape index (κ2) is 7.47. The van der Waals surface area contributed by atoms with E-state index in [1.54, 1.807) is 11.3 Å². The van der Waals surface area contributed by atoms with E-state index < -0.39 is 0 Å². The fourth-order valence-electron chi connectivity index (χ4n) is 3.00. The van der Waals surface area contributed by atoms with Crippen LogP contribution in [0.2, 0.25) is 0 Å². The Morgan fingerprint density at radius 3 is 2.56 bits per heavy atom. The lowest BCUT2D eigenvalue weighted by Crippen LogP contribution is -2.48. The van der Waals surface area contributed by atoms with E-state index in [2.05, 4.69) is 39.5 Å². The normalized spacial score (nSPS) is 15.4. The molecule has 1 aliphatic rings. The third-order valence-corrected chi connectivity index (χ3v) is 5.97. The molecule has 0 atom stereocenters. The molecule has 0 aliphatic carbocycles. The third-order valence-electron chi connectivity index (χ3n) is 4.40. The Hall–Kier alpha value is -2.02. The number of carbonyl (C=O) groups excluding carboxylic acids is 1. The van der Waals surface area contributed by atoms with E-state index in [9.17, 15) is 4.79 Å². The summed E-state index contributed by atoms with van der Waals surface area (Å²) in [6.07, 6.45) is 0. The first-order valence-corrected chi connectivity index (χ1v) is 10.2. The standard InChI is InChI=1S/C19H19N3OS2/c23-19(17-14-25-18(20-17)16-6-11-24-13-16)22-9-7-21(8-10-22)12-15-4-2-1-3-5-15/h1-6,11,13-14H,7-10,12H2. The Morgan fingerprint density at radius 1 is 1.04 bits per heavy atom. The second-order valence-corrected chi connectivity index (χ2v) is 7.74. The van der Waals surface area contributed by atoms with Crippen molar-refractivity contribution in [1.29, 1.82) is 0 Å². The molecule has 0 bridgehead atoms. The number of thiophene rings is 1. The number of benzene rings is 1. The van der Waals surface area contributed by atoms with E-state index in [1.807, 2.05) is 27.8 Å². The largest absolute Gasteiger partial charge is 0.335 e. The molecule has 1 fully saturated rings. The van der Waals surface area contributed by atoms with Gasteiger partial charge in [0.15, 0.2) is 0 Å². The van der Waals surface area contributed by atoms with Gasteiger partial charge < -0.3 is 4.90 Å². The molecule has 1 aliphatic heterocycles. The molecule has 3 heterocycles. The molecular weight excluding hydrogens is 350 g/mol. The van der Waals surface area contributed by atoms with Gasteiger partial charge in [0.1, 0.15) is 10.7 Å². The topological polar surface area (TPSA) is 36.4 Å². The molecular formula is C19H19N3OS2. The summed E-state index contributed by atoms with van der Waals surface area (Å²) < 4.78 is 0. The summed E-state index contributed by atoms with van der Waals surface area (Å²) in [7, 11) is 0. The molecule has 0 radical (unpaired) electrons. The van der Waals surface area contributed by atoms with Crippen LogP contribution in [0, 0.1) is 0 Å². The number of aromatic nitrogens is 1. The minimum absolute atomic E-state index is 0.0529. The summed E-state index contributed by atoms with van der Waals surface area (Å²) in [5.41, 5.74) is 2.99. The molecule has 4 nitrogen and oxygen atoms in total. The molecule has 128 valence electrons. The van der Waals surface area contributed by atoms with Crippen molar-refractivity contribution in [3.8, 4) is 10.6 Å². The van der Waals surface area contributed by atoms with Crippen molar-refractivity contribution in [2.24, 2.45) is 0 Å². The number of amides is 1. The summed E-state index contributed by atoms with van der Waals surface area (Å²) in [4.78, 5) is 21.6. The van der Waals surface area contributed by atoms with Crippen LogP contribution >= 0.6 is 22.7 Å². The van der Waals surface area contributed by atoms with Crippen LogP contribution in [0.3, 0.4) is 0 Å². The average Bonchev–Trinajstić information content (AvgIpc) is 3.34. The SMILES string of the molecule is O=C(c1csc(-c2ccsc2)n1)N1CCN(Cc2ccccc2)CC1. The minimum atomic E-state index is 0.0529. The van der Waals surface area contributed by atoms with Gasteiger partial charge in [-0.25, -0.2) is 4.98 Å². The minimum Gasteiger partial charge on any atom is -0.335 e. The maximum atomic E-state index is 12.7. The van der Waals surface area contributed by atoms with Gasteiger partial charge in [-0.1, -0.05) is 30.3 Å². The van der Waals surface area contributed by atoms with Crippen LogP contribution in [0.25, 0.3) is 10.6 Å². The number of piperazine rings is 1. The van der Waals surface area contributed by atoms with Crippen LogP contribution < -0.4 is 0 Å². The molecule has 0 unspecified atom stereocenters. The molecule has 0 N–H and O–H groups in total. The number of nitrogens with zero attached hydrogens (tertiary/aromatic N) is 3.